The molecule has 1 amide bonds. The van der Waals surface area contributed by atoms with E-state index >= 15 is 0 Å². The van der Waals surface area contributed by atoms with Gasteiger partial charge in [-0.2, -0.15) is 10.2 Å². The van der Waals surface area contributed by atoms with Crippen molar-refractivity contribution in [3.63, 3.8) is 0 Å². The lowest BCUT2D eigenvalue weighted by Crippen LogP contribution is -2.13. The molecule has 0 saturated carbocycles. The standard InChI is InChI=1S/C18H16N6O/c1-13-4-2-5-14(10-13)12-23-9-6-16(22-23)20-18(25)15-11-17-19-7-3-8-24(17)21-15/h2-11H,12H2,1H3,(H,20,22,25). The largest absolute Gasteiger partial charge is 0.304 e. The monoisotopic (exact) mass is 332 g/mol. The lowest BCUT2D eigenvalue weighted by molar-refractivity contribution is 0.102. The molecule has 0 bridgehead atoms. The summed E-state index contributed by atoms with van der Waals surface area (Å²) < 4.78 is 3.35. The summed E-state index contributed by atoms with van der Waals surface area (Å²) in [7, 11) is 0. The second-order valence-electron chi connectivity index (χ2n) is 5.79. The third-order valence-electron chi connectivity index (χ3n) is 3.78. The molecule has 0 saturated heterocycles. The highest BCUT2D eigenvalue weighted by atomic mass is 16.2. The number of aromatic nitrogens is 5. The summed E-state index contributed by atoms with van der Waals surface area (Å²) in [6.07, 6.45) is 5.24. The van der Waals surface area contributed by atoms with Crippen LogP contribution in [0.1, 0.15) is 21.6 Å². The summed E-state index contributed by atoms with van der Waals surface area (Å²) in [5, 5.41) is 11.4. The van der Waals surface area contributed by atoms with Crippen molar-refractivity contribution in [2.24, 2.45) is 0 Å². The van der Waals surface area contributed by atoms with Crippen LogP contribution in [-0.2, 0) is 6.54 Å². The minimum absolute atomic E-state index is 0.298. The minimum atomic E-state index is -0.314. The van der Waals surface area contributed by atoms with Crippen LogP contribution >= 0.6 is 0 Å². The lowest BCUT2D eigenvalue weighted by Gasteiger charge is -2.03. The number of hydrogen-bond donors (Lipinski definition) is 1. The van der Waals surface area contributed by atoms with E-state index in [1.165, 1.54) is 5.56 Å². The molecule has 0 fully saturated rings. The fraction of sp³-hybridized carbons (Fsp3) is 0.111. The molecule has 3 heterocycles. The molecule has 0 aliphatic carbocycles. The second-order valence-corrected chi connectivity index (χ2v) is 5.79. The van der Waals surface area contributed by atoms with Gasteiger partial charge in [0.2, 0.25) is 0 Å². The number of carbonyl (C=O) groups is 1. The quantitative estimate of drug-likeness (QED) is 0.623. The molecule has 1 aromatic carbocycles. The normalized spacial score (nSPS) is 10.9. The van der Waals surface area contributed by atoms with Gasteiger partial charge in [-0.15, -0.1) is 0 Å². The maximum atomic E-state index is 12.3. The third kappa shape index (κ3) is 3.25. The van der Waals surface area contributed by atoms with Crippen LogP contribution in [0.5, 0.6) is 0 Å². The molecule has 7 heteroatoms. The van der Waals surface area contributed by atoms with Gasteiger partial charge in [-0.25, -0.2) is 9.50 Å². The van der Waals surface area contributed by atoms with Crippen molar-refractivity contribution in [2.75, 3.05) is 5.32 Å². The summed E-state index contributed by atoms with van der Waals surface area (Å²) in [4.78, 5) is 16.5. The van der Waals surface area contributed by atoms with Gasteiger partial charge in [0.1, 0.15) is 0 Å². The first-order valence-electron chi connectivity index (χ1n) is 7.88. The number of benzene rings is 1. The minimum Gasteiger partial charge on any atom is -0.304 e. The van der Waals surface area contributed by atoms with Gasteiger partial charge in [-0.3, -0.25) is 9.48 Å². The van der Waals surface area contributed by atoms with Gasteiger partial charge in [-0.05, 0) is 18.6 Å². The molecular weight excluding hydrogens is 316 g/mol. The smallest absolute Gasteiger partial charge is 0.277 e. The summed E-state index contributed by atoms with van der Waals surface area (Å²) in [5.41, 5.74) is 3.29. The Hall–Kier alpha value is -3.48. The zero-order chi connectivity index (χ0) is 17.2. The van der Waals surface area contributed by atoms with E-state index in [1.807, 2.05) is 12.3 Å². The number of anilines is 1. The number of amides is 1. The van der Waals surface area contributed by atoms with E-state index in [-0.39, 0.29) is 5.91 Å². The molecule has 0 aliphatic rings. The van der Waals surface area contributed by atoms with E-state index in [9.17, 15) is 4.79 Å². The van der Waals surface area contributed by atoms with E-state index in [1.54, 1.807) is 39.8 Å². The van der Waals surface area contributed by atoms with E-state index in [0.717, 1.165) is 5.56 Å². The van der Waals surface area contributed by atoms with Crippen LogP contribution in [0.2, 0.25) is 0 Å². The van der Waals surface area contributed by atoms with Crippen molar-refractivity contribution in [2.45, 2.75) is 13.5 Å². The molecule has 0 spiro atoms. The molecule has 0 radical (unpaired) electrons. The summed E-state index contributed by atoms with van der Waals surface area (Å²) in [5.74, 6) is 0.175. The lowest BCUT2D eigenvalue weighted by atomic mass is 10.1. The van der Waals surface area contributed by atoms with Gasteiger partial charge in [0.05, 0.1) is 6.54 Å². The Morgan fingerprint density at radius 2 is 2.04 bits per heavy atom. The summed E-state index contributed by atoms with van der Waals surface area (Å²) >= 11 is 0. The molecule has 4 aromatic rings. The third-order valence-corrected chi connectivity index (χ3v) is 3.78. The van der Waals surface area contributed by atoms with Gasteiger partial charge < -0.3 is 5.32 Å². The Morgan fingerprint density at radius 1 is 1.12 bits per heavy atom. The molecule has 3 aromatic heterocycles. The molecule has 1 N–H and O–H groups in total. The van der Waals surface area contributed by atoms with E-state index in [0.29, 0.717) is 23.7 Å². The second kappa shape index (κ2) is 6.20. The Labute approximate surface area is 143 Å². The fourth-order valence-corrected chi connectivity index (χ4v) is 2.64. The molecule has 0 aliphatic heterocycles. The van der Waals surface area contributed by atoms with Crippen LogP contribution in [0.3, 0.4) is 0 Å². The maximum absolute atomic E-state index is 12.3. The average Bonchev–Trinajstić information content (AvgIpc) is 3.21. The molecule has 0 unspecified atom stereocenters. The number of carbonyl (C=O) groups excluding carboxylic acids is 1. The topological polar surface area (TPSA) is 77.1 Å². The molecule has 7 nitrogen and oxygen atoms in total. The van der Waals surface area contributed by atoms with Crippen molar-refractivity contribution in [1.82, 2.24) is 24.4 Å². The zero-order valence-corrected chi connectivity index (χ0v) is 13.6. The van der Waals surface area contributed by atoms with Crippen LogP contribution in [0, 0.1) is 6.92 Å². The van der Waals surface area contributed by atoms with Crippen molar-refractivity contribution in [1.29, 1.82) is 0 Å². The van der Waals surface area contributed by atoms with Crippen LogP contribution in [0.25, 0.3) is 5.65 Å². The van der Waals surface area contributed by atoms with Gasteiger partial charge in [0.25, 0.3) is 5.91 Å². The van der Waals surface area contributed by atoms with Crippen LogP contribution in [0.15, 0.2) is 61.1 Å². The van der Waals surface area contributed by atoms with Gasteiger partial charge in [0.15, 0.2) is 17.2 Å². The van der Waals surface area contributed by atoms with E-state index in [4.69, 9.17) is 0 Å². The highest BCUT2D eigenvalue weighted by Gasteiger charge is 2.13. The predicted molar refractivity (Wildman–Crippen MR) is 93.4 cm³/mol. The highest BCUT2D eigenvalue weighted by Crippen LogP contribution is 2.10. The predicted octanol–water partition coefficient (Wildman–Crippen LogP) is 2.53. The van der Waals surface area contributed by atoms with Crippen LogP contribution < -0.4 is 5.32 Å². The van der Waals surface area contributed by atoms with Crippen LogP contribution in [0.4, 0.5) is 5.82 Å². The van der Waals surface area contributed by atoms with Gasteiger partial charge >= 0.3 is 0 Å². The number of rotatable bonds is 4. The Bertz CT molecular complexity index is 1020. The van der Waals surface area contributed by atoms with Crippen molar-refractivity contribution >= 4 is 17.4 Å². The Balaban J connectivity index is 1.47. The SMILES string of the molecule is Cc1cccc(Cn2ccc(NC(=O)c3cc4ncccn4n3)n2)c1. The number of nitrogens with one attached hydrogen (secondary N) is 1. The number of aryl methyl sites for hydroxylation is 1. The average molecular weight is 332 g/mol. The number of hydrogen-bond acceptors (Lipinski definition) is 4. The van der Waals surface area contributed by atoms with Crippen molar-refractivity contribution in [3.05, 3.63) is 77.9 Å². The first-order chi connectivity index (χ1) is 12.2. The van der Waals surface area contributed by atoms with Crippen molar-refractivity contribution in [3.8, 4) is 0 Å². The van der Waals surface area contributed by atoms with E-state index < -0.39 is 0 Å². The molecule has 124 valence electrons. The van der Waals surface area contributed by atoms with Crippen molar-refractivity contribution < 1.29 is 4.79 Å². The Morgan fingerprint density at radius 3 is 2.88 bits per heavy atom. The molecule has 25 heavy (non-hydrogen) atoms. The first kappa shape index (κ1) is 15.1. The number of nitrogens with zero attached hydrogens (tertiary/aromatic N) is 5. The molecule has 0 atom stereocenters. The zero-order valence-electron chi connectivity index (χ0n) is 13.6. The molecule has 4 rings (SSSR count). The van der Waals surface area contributed by atoms with Gasteiger partial charge in [-0.1, -0.05) is 29.8 Å². The first-order valence-corrected chi connectivity index (χ1v) is 7.88. The Kier molecular flexibility index (Phi) is 3.74. The van der Waals surface area contributed by atoms with E-state index in [2.05, 4.69) is 45.6 Å². The summed E-state index contributed by atoms with van der Waals surface area (Å²) in [6.45, 7) is 2.71. The molecular formula is C18H16N6O. The van der Waals surface area contributed by atoms with Gasteiger partial charge in [0, 0.05) is 30.7 Å². The van der Waals surface area contributed by atoms with Crippen LogP contribution in [-0.4, -0.2) is 30.3 Å². The highest BCUT2D eigenvalue weighted by molar-refractivity contribution is 6.02. The fourth-order valence-electron chi connectivity index (χ4n) is 2.64. The number of fused-ring (bicyclic) bond motifs is 1. The summed E-state index contributed by atoms with van der Waals surface area (Å²) in [6, 6.07) is 13.4. The maximum Gasteiger partial charge on any atom is 0.277 e.